The number of halogens is 1. The van der Waals surface area contributed by atoms with Crippen LogP contribution < -0.4 is 9.80 Å². The van der Waals surface area contributed by atoms with Crippen LogP contribution in [0.15, 0.2) is 35.9 Å². The van der Waals surface area contributed by atoms with Crippen molar-refractivity contribution in [3.63, 3.8) is 0 Å². The monoisotopic (exact) mass is 370 g/mol. The zero-order valence-electron chi connectivity index (χ0n) is 15.5. The smallest absolute Gasteiger partial charge is 0.238 e. The van der Waals surface area contributed by atoms with Crippen LogP contribution in [0.4, 0.5) is 10.1 Å². The molecular weight excluding hydrogens is 345 g/mol. The van der Waals surface area contributed by atoms with Crippen LogP contribution >= 0.6 is 0 Å². The first-order valence-corrected chi connectivity index (χ1v) is 9.90. The number of carbonyl (C=O) groups is 2. The lowest BCUT2D eigenvalue weighted by Crippen LogP contribution is -3.16. The van der Waals surface area contributed by atoms with Crippen LogP contribution in [0.3, 0.4) is 0 Å². The van der Waals surface area contributed by atoms with E-state index in [0.717, 1.165) is 38.3 Å². The van der Waals surface area contributed by atoms with E-state index in [-0.39, 0.29) is 41.3 Å². The number of likely N-dealkylation sites (tertiary alicyclic amines) is 1. The quantitative estimate of drug-likeness (QED) is 0.629. The molecule has 5 rings (SSSR count). The average molecular weight is 370 g/mol. The first-order valence-electron chi connectivity index (χ1n) is 9.90. The van der Waals surface area contributed by atoms with Gasteiger partial charge in [0.25, 0.3) is 0 Å². The number of fused-ring (bicyclic) bond motifs is 5. The second kappa shape index (κ2) is 6.16. The van der Waals surface area contributed by atoms with Gasteiger partial charge in [-0.05, 0) is 49.4 Å². The molecule has 2 bridgehead atoms. The van der Waals surface area contributed by atoms with Gasteiger partial charge in [-0.15, -0.1) is 0 Å². The van der Waals surface area contributed by atoms with E-state index in [1.54, 1.807) is 17.0 Å². The zero-order valence-corrected chi connectivity index (χ0v) is 15.5. The molecule has 0 spiro atoms. The number of rotatable bonds is 3. The minimum Gasteiger partial charge on any atom is -0.360 e. The molecule has 0 unspecified atom stereocenters. The van der Waals surface area contributed by atoms with E-state index in [0.29, 0.717) is 6.67 Å². The van der Waals surface area contributed by atoms with Crippen LogP contribution in [0.25, 0.3) is 0 Å². The van der Waals surface area contributed by atoms with Crippen LogP contribution in [-0.4, -0.2) is 49.6 Å². The van der Waals surface area contributed by atoms with Gasteiger partial charge in [-0.2, -0.15) is 0 Å². The van der Waals surface area contributed by atoms with Gasteiger partial charge in [0, 0.05) is 5.69 Å². The Morgan fingerprint density at radius 3 is 2.44 bits per heavy atom. The number of carbonyl (C=O) groups excluding carboxylic acids is 2. The van der Waals surface area contributed by atoms with Gasteiger partial charge in [-0.1, -0.05) is 11.6 Å². The molecule has 0 aromatic heterocycles. The molecule has 1 saturated carbocycles. The number of benzene rings is 1. The van der Waals surface area contributed by atoms with Crippen molar-refractivity contribution in [2.75, 3.05) is 37.7 Å². The van der Waals surface area contributed by atoms with Crippen molar-refractivity contribution in [3.05, 3.63) is 41.7 Å². The summed E-state index contributed by atoms with van der Waals surface area (Å²) in [6.07, 6.45) is 3.20. The molecule has 1 N–H and O–H groups in total. The van der Waals surface area contributed by atoms with Crippen LogP contribution in [-0.2, 0) is 9.59 Å². The Morgan fingerprint density at radius 2 is 1.74 bits per heavy atom. The van der Waals surface area contributed by atoms with E-state index in [1.807, 2.05) is 0 Å². The number of allylic oxidation sites excluding steroid dienone is 2. The third kappa shape index (κ3) is 2.61. The van der Waals surface area contributed by atoms with Crippen LogP contribution in [0.5, 0.6) is 0 Å². The predicted molar refractivity (Wildman–Crippen MR) is 98.4 cm³/mol. The molecule has 2 amide bonds. The van der Waals surface area contributed by atoms with Crippen molar-refractivity contribution in [2.45, 2.75) is 13.3 Å². The molecule has 2 saturated heterocycles. The Bertz CT molecular complexity index is 813. The van der Waals surface area contributed by atoms with E-state index in [1.165, 1.54) is 22.6 Å². The lowest BCUT2D eigenvalue weighted by atomic mass is 9.82. The molecule has 3 fully saturated rings. The number of imide groups is 1. The van der Waals surface area contributed by atoms with Gasteiger partial charge in [-0.25, -0.2) is 9.29 Å². The maximum Gasteiger partial charge on any atom is 0.238 e. The molecule has 2 aliphatic carbocycles. The normalized spacial score (nSPS) is 33.0. The number of nitrogens with one attached hydrogen (secondary N) is 1. The molecule has 4 atom stereocenters. The minimum atomic E-state index is -0.224. The summed E-state index contributed by atoms with van der Waals surface area (Å²) in [6, 6.07) is 6.58. The van der Waals surface area contributed by atoms with Gasteiger partial charge < -0.3 is 9.80 Å². The third-order valence-electron chi connectivity index (χ3n) is 7.02. The topological polar surface area (TPSA) is 45.1 Å². The number of amides is 2. The summed E-state index contributed by atoms with van der Waals surface area (Å²) in [7, 11) is 0. The first kappa shape index (κ1) is 16.9. The Hall–Kier alpha value is -2.21. The summed E-state index contributed by atoms with van der Waals surface area (Å²) in [5, 5.41) is 0. The maximum atomic E-state index is 13.1. The largest absolute Gasteiger partial charge is 0.360 e. The molecular formula is C21H25FN3O2+. The lowest BCUT2D eigenvalue weighted by molar-refractivity contribution is -0.908. The minimum absolute atomic E-state index is 0.0507. The third-order valence-corrected chi connectivity index (χ3v) is 7.02. The summed E-state index contributed by atoms with van der Waals surface area (Å²) in [5.41, 5.74) is 2.32. The zero-order chi connectivity index (χ0) is 18.7. The maximum absolute atomic E-state index is 13.1. The molecule has 6 heteroatoms. The van der Waals surface area contributed by atoms with Crippen LogP contribution in [0, 0.1) is 29.5 Å². The summed E-state index contributed by atoms with van der Waals surface area (Å²) in [6.45, 7) is 6.01. The fourth-order valence-electron chi connectivity index (χ4n) is 5.61. The van der Waals surface area contributed by atoms with Crippen molar-refractivity contribution in [1.82, 2.24) is 4.90 Å². The van der Waals surface area contributed by atoms with Gasteiger partial charge in [0.1, 0.15) is 5.82 Å². The van der Waals surface area contributed by atoms with E-state index >= 15 is 0 Å². The van der Waals surface area contributed by atoms with Crippen LogP contribution in [0.2, 0.25) is 0 Å². The van der Waals surface area contributed by atoms with Crippen LogP contribution in [0.1, 0.15) is 13.3 Å². The summed E-state index contributed by atoms with van der Waals surface area (Å²) in [4.78, 5) is 30.9. The van der Waals surface area contributed by atoms with Crippen molar-refractivity contribution >= 4 is 17.5 Å². The molecule has 4 aliphatic rings. The second-order valence-electron chi connectivity index (χ2n) is 8.44. The SMILES string of the molecule is CC1=C[C@@H]2C[C@@H]1[C@H]1C(=O)N(C[NH+]3CCN(c4ccc(F)cc4)CC3)C(=O)[C@@H]12. The Labute approximate surface area is 158 Å². The molecule has 5 nitrogen and oxygen atoms in total. The van der Waals surface area contributed by atoms with E-state index in [4.69, 9.17) is 0 Å². The predicted octanol–water partition coefficient (Wildman–Crippen LogP) is 0.685. The molecule has 0 radical (unpaired) electrons. The fraction of sp³-hybridized carbons (Fsp3) is 0.524. The Balaban J connectivity index is 1.22. The van der Waals surface area contributed by atoms with Gasteiger partial charge in [0.15, 0.2) is 6.67 Å². The Kier molecular flexibility index (Phi) is 3.86. The van der Waals surface area contributed by atoms with E-state index < -0.39 is 0 Å². The first-order chi connectivity index (χ1) is 13.0. The number of anilines is 1. The van der Waals surface area contributed by atoms with E-state index in [2.05, 4.69) is 17.9 Å². The molecule has 2 heterocycles. The second-order valence-corrected chi connectivity index (χ2v) is 8.44. The molecule has 27 heavy (non-hydrogen) atoms. The fourth-order valence-corrected chi connectivity index (χ4v) is 5.61. The highest BCUT2D eigenvalue weighted by Crippen LogP contribution is 2.55. The molecule has 1 aromatic rings. The van der Waals surface area contributed by atoms with Gasteiger partial charge in [-0.3, -0.25) is 9.59 Å². The number of piperazine rings is 1. The highest BCUT2D eigenvalue weighted by molar-refractivity contribution is 6.06. The Morgan fingerprint density at radius 1 is 1.07 bits per heavy atom. The molecule has 142 valence electrons. The van der Waals surface area contributed by atoms with Crippen molar-refractivity contribution in [1.29, 1.82) is 0 Å². The van der Waals surface area contributed by atoms with E-state index in [9.17, 15) is 14.0 Å². The average Bonchev–Trinajstić information content (AvgIpc) is 3.30. The standard InChI is InChI=1S/C21H24FN3O2/c1-13-10-14-11-17(13)19-18(14)20(26)25(21(19)27)12-23-6-8-24(9-7-23)16-4-2-15(22)3-5-16/h2-5,10,14,17-19H,6-9,11-12H2,1H3/p+1/t14-,17+,18-,19-/m1/s1. The molecule has 2 aliphatic heterocycles. The van der Waals surface area contributed by atoms with Crippen molar-refractivity contribution in [2.24, 2.45) is 23.7 Å². The summed E-state index contributed by atoms with van der Waals surface area (Å²) < 4.78 is 13.1. The van der Waals surface area contributed by atoms with Crippen molar-refractivity contribution < 1.29 is 18.9 Å². The van der Waals surface area contributed by atoms with Gasteiger partial charge in [0.2, 0.25) is 11.8 Å². The number of nitrogens with zero attached hydrogens (tertiary/aromatic N) is 2. The summed E-state index contributed by atoms with van der Waals surface area (Å²) >= 11 is 0. The van der Waals surface area contributed by atoms with Gasteiger partial charge >= 0.3 is 0 Å². The highest BCUT2D eigenvalue weighted by atomic mass is 19.1. The summed E-state index contributed by atoms with van der Waals surface area (Å²) in [5.74, 6) is 0.225. The lowest BCUT2D eigenvalue weighted by Gasteiger charge is -2.35. The highest BCUT2D eigenvalue weighted by Gasteiger charge is 2.61. The van der Waals surface area contributed by atoms with Crippen molar-refractivity contribution in [3.8, 4) is 0 Å². The number of quaternary nitrogens is 1. The number of hydrogen-bond acceptors (Lipinski definition) is 3. The van der Waals surface area contributed by atoms with Gasteiger partial charge in [0.05, 0.1) is 38.0 Å². The number of hydrogen-bond donors (Lipinski definition) is 1. The molecule has 1 aromatic carbocycles.